The first-order chi connectivity index (χ1) is 16.3. The summed E-state index contributed by atoms with van der Waals surface area (Å²) in [5, 5.41) is 3.96. The summed E-state index contributed by atoms with van der Waals surface area (Å²) in [6, 6.07) is 10.2. The number of amides is 2. The molecule has 0 aliphatic rings. The van der Waals surface area contributed by atoms with Crippen LogP contribution in [0, 0.1) is 5.92 Å². The second-order valence-corrected chi connectivity index (χ2v) is 11.8. The molecule has 1 N–H and O–H groups in total. The van der Waals surface area contributed by atoms with Gasteiger partial charge < -0.3 is 10.2 Å². The molecule has 0 saturated carbocycles. The van der Waals surface area contributed by atoms with E-state index in [1.807, 2.05) is 13.8 Å². The van der Waals surface area contributed by atoms with E-state index >= 15 is 0 Å². The van der Waals surface area contributed by atoms with E-state index in [-0.39, 0.29) is 24.1 Å². The zero-order chi connectivity index (χ0) is 26.3. The van der Waals surface area contributed by atoms with Crippen LogP contribution in [0.4, 0.5) is 5.69 Å². The first-order valence-electron chi connectivity index (χ1n) is 11.1. The Morgan fingerprint density at radius 1 is 1.03 bits per heavy atom. The maximum atomic E-state index is 13.6. The van der Waals surface area contributed by atoms with Crippen LogP contribution < -0.4 is 9.62 Å². The Bertz CT molecular complexity index is 1160. The highest BCUT2D eigenvalue weighted by atomic mass is 35.5. The van der Waals surface area contributed by atoms with Gasteiger partial charge >= 0.3 is 0 Å². The zero-order valence-corrected chi connectivity index (χ0v) is 23.2. The van der Waals surface area contributed by atoms with Crippen molar-refractivity contribution < 1.29 is 18.0 Å². The minimum Gasteiger partial charge on any atom is -0.354 e. The number of anilines is 1. The highest BCUT2D eigenvalue weighted by Crippen LogP contribution is 2.25. The summed E-state index contributed by atoms with van der Waals surface area (Å²) in [7, 11) is -3.84. The average molecular weight is 563 g/mol. The van der Waals surface area contributed by atoms with Crippen LogP contribution in [0.25, 0.3) is 0 Å². The molecule has 0 aromatic heterocycles. The third kappa shape index (κ3) is 8.56. The standard InChI is InChI=1S/C24H30Cl3N3O4S/c1-5-22(24(32)28-13-16(2)3)29(14-17-9-10-19(26)12-21(17)27)23(31)15-30(35(4,33)34)20-8-6-7-18(25)11-20/h6-12,16,22H,5,13-15H2,1-4H3,(H,28,32)/t22-/m1/s1. The summed E-state index contributed by atoms with van der Waals surface area (Å²) >= 11 is 18.4. The number of sulfonamides is 1. The van der Waals surface area contributed by atoms with Crippen LogP contribution in [-0.4, -0.2) is 50.5 Å². The summed E-state index contributed by atoms with van der Waals surface area (Å²) in [6.07, 6.45) is 1.32. The van der Waals surface area contributed by atoms with Crippen molar-refractivity contribution in [1.29, 1.82) is 0 Å². The molecule has 2 aromatic carbocycles. The van der Waals surface area contributed by atoms with Gasteiger partial charge in [0.1, 0.15) is 12.6 Å². The van der Waals surface area contributed by atoms with E-state index in [0.29, 0.717) is 33.6 Å². The number of carbonyl (C=O) groups is 2. The van der Waals surface area contributed by atoms with E-state index in [0.717, 1.165) is 10.6 Å². The number of rotatable bonds is 11. The second kappa shape index (κ2) is 12.8. The van der Waals surface area contributed by atoms with E-state index in [2.05, 4.69) is 5.32 Å². The molecule has 0 spiro atoms. The van der Waals surface area contributed by atoms with Crippen LogP contribution in [0.15, 0.2) is 42.5 Å². The molecule has 2 rings (SSSR count). The second-order valence-electron chi connectivity index (χ2n) is 8.57. The molecule has 0 heterocycles. The van der Waals surface area contributed by atoms with Gasteiger partial charge in [-0.25, -0.2) is 8.42 Å². The van der Waals surface area contributed by atoms with E-state index in [1.54, 1.807) is 43.3 Å². The van der Waals surface area contributed by atoms with Crippen molar-refractivity contribution in [2.75, 3.05) is 23.7 Å². The van der Waals surface area contributed by atoms with Gasteiger partial charge in [-0.05, 0) is 48.2 Å². The van der Waals surface area contributed by atoms with Gasteiger partial charge in [0, 0.05) is 28.2 Å². The Hall–Kier alpha value is -2.00. The molecule has 2 amide bonds. The predicted molar refractivity (Wildman–Crippen MR) is 143 cm³/mol. The van der Waals surface area contributed by atoms with E-state index in [4.69, 9.17) is 34.8 Å². The summed E-state index contributed by atoms with van der Waals surface area (Å²) in [5.41, 5.74) is 0.823. The largest absolute Gasteiger partial charge is 0.354 e. The molecular weight excluding hydrogens is 533 g/mol. The van der Waals surface area contributed by atoms with Crippen LogP contribution in [0.1, 0.15) is 32.8 Å². The van der Waals surface area contributed by atoms with Gasteiger partial charge in [-0.1, -0.05) is 67.7 Å². The van der Waals surface area contributed by atoms with Gasteiger partial charge in [0.05, 0.1) is 11.9 Å². The van der Waals surface area contributed by atoms with Gasteiger partial charge in [-0.2, -0.15) is 0 Å². The number of nitrogens with zero attached hydrogens (tertiary/aromatic N) is 2. The van der Waals surface area contributed by atoms with Crippen molar-refractivity contribution in [1.82, 2.24) is 10.2 Å². The van der Waals surface area contributed by atoms with Crippen molar-refractivity contribution in [3.63, 3.8) is 0 Å². The Morgan fingerprint density at radius 2 is 1.69 bits per heavy atom. The highest BCUT2D eigenvalue weighted by molar-refractivity contribution is 7.92. The van der Waals surface area contributed by atoms with Crippen molar-refractivity contribution in [2.45, 2.75) is 39.8 Å². The minimum atomic E-state index is -3.84. The van der Waals surface area contributed by atoms with Crippen LogP contribution >= 0.6 is 34.8 Å². The Balaban J connectivity index is 2.46. The molecule has 11 heteroatoms. The van der Waals surface area contributed by atoms with E-state index in [9.17, 15) is 18.0 Å². The quantitative estimate of drug-likeness (QED) is 0.418. The van der Waals surface area contributed by atoms with Crippen LogP contribution in [0.5, 0.6) is 0 Å². The SMILES string of the molecule is CC[C@H](C(=O)NCC(C)C)N(Cc1ccc(Cl)cc1Cl)C(=O)CN(c1cccc(Cl)c1)S(C)(=O)=O. The molecule has 35 heavy (non-hydrogen) atoms. The van der Waals surface area contributed by atoms with Crippen molar-refractivity contribution in [3.05, 3.63) is 63.1 Å². The lowest BCUT2D eigenvalue weighted by Gasteiger charge is -2.33. The van der Waals surface area contributed by atoms with E-state index in [1.165, 1.54) is 11.0 Å². The molecule has 0 bridgehead atoms. The van der Waals surface area contributed by atoms with Crippen molar-refractivity contribution in [2.24, 2.45) is 5.92 Å². The van der Waals surface area contributed by atoms with Gasteiger partial charge in [0.15, 0.2) is 0 Å². The summed E-state index contributed by atoms with van der Waals surface area (Å²) in [4.78, 5) is 28.0. The maximum Gasteiger partial charge on any atom is 0.244 e. The normalized spacial score (nSPS) is 12.3. The third-order valence-electron chi connectivity index (χ3n) is 5.20. The molecule has 0 saturated heterocycles. The number of carbonyl (C=O) groups excluding carboxylic acids is 2. The predicted octanol–water partition coefficient (Wildman–Crippen LogP) is 4.99. The Morgan fingerprint density at radius 3 is 2.23 bits per heavy atom. The highest BCUT2D eigenvalue weighted by Gasteiger charge is 2.32. The third-order valence-corrected chi connectivity index (χ3v) is 7.16. The first kappa shape index (κ1) is 29.2. The fourth-order valence-electron chi connectivity index (χ4n) is 3.42. The smallest absolute Gasteiger partial charge is 0.244 e. The number of hydrogen-bond acceptors (Lipinski definition) is 4. The fraction of sp³-hybridized carbons (Fsp3) is 0.417. The Labute approximate surface area is 222 Å². The minimum absolute atomic E-state index is 0.00438. The topological polar surface area (TPSA) is 86.8 Å². The number of nitrogens with one attached hydrogen (secondary N) is 1. The van der Waals surface area contributed by atoms with Gasteiger partial charge in [0.25, 0.3) is 0 Å². The summed E-state index contributed by atoms with van der Waals surface area (Å²) in [5.74, 6) is -0.670. The molecule has 1 atom stereocenters. The lowest BCUT2D eigenvalue weighted by molar-refractivity contribution is -0.140. The average Bonchev–Trinajstić information content (AvgIpc) is 2.76. The van der Waals surface area contributed by atoms with Gasteiger partial charge in [-0.3, -0.25) is 13.9 Å². The number of halogens is 3. The maximum absolute atomic E-state index is 13.6. The number of benzene rings is 2. The summed E-state index contributed by atoms with van der Waals surface area (Å²) < 4.78 is 26.2. The van der Waals surface area contributed by atoms with Crippen molar-refractivity contribution in [3.8, 4) is 0 Å². The molecular formula is C24H30Cl3N3O4S. The Kier molecular flexibility index (Phi) is 10.7. The van der Waals surface area contributed by atoms with Gasteiger partial charge in [-0.15, -0.1) is 0 Å². The molecule has 0 fully saturated rings. The molecule has 0 unspecified atom stereocenters. The van der Waals surface area contributed by atoms with Crippen LogP contribution in [-0.2, 0) is 26.2 Å². The molecule has 2 aromatic rings. The fourth-order valence-corrected chi connectivity index (χ4v) is 4.91. The van der Waals surface area contributed by atoms with E-state index < -0.39 is 28.5 Å². The number of hydrogen-bond donors (Lipinski definition) is 1. The molecule has 0 aliphatic carbocycles. The molecule has 0 radical (unpaired) electrons. The van der Waals surface area contributed by atoms with Gasteiger partial charge in [0.2, 0.25) is 21.8 Å². The lowest BCUT2D eigenvalue weighted by Crippen LogP contribution is -2.52. The molecule has 192 valence electrons. The van der Waals surface area contributed by atoms with Crippen LogP contribution in [0.2, 0.25) is 15.1 Å². The van der Waals surface area contributed by atoms with Crippen LogP contribution in [0.3, 0.4) is 0 Å². The lowest BCUT2D eigenvalue weighted by atomic mass is 10.1. The summed E-state index contributed by atoms with van der Waals surface area (Å²) in [6.45, 7) is 5.64. The monoisotopic (exact) mass is 561 g/mol. The molecule has 7 nitrogen and oxygen atoms in total. The zero-order valence-electron chi connectivity index (χ0n) is 20.1. The molecule has 0 aliphatic heterocycles. The van der Waals surface area contributed by atoms with Crippen molar-refractivity contribution >= 4 is 62.3 Å². The first-order valence-corrected chi connectivity index (χ1v) is 14.1.